The van der Waals surface area contributed by atoms with E-state index in [1.165, 1.54) is 0 Å². The fourth-order valence-corrected chi connectivity index (χ4v) is 5.33. The number of alkyl halides is 9. The average Bonchev–Trinajstić information content (AvgIpc) is 3.38. The van der Waals surface area contributed by atoms with E-state index in [0.29, 0.717) is 24.3 Å². The van der Waals surface area contributed by atoms with Crippen LogP contribution in [0.5, 0.6) is 0 Å². The lowest BCUT2D eigenvalue weighted by Gasteiger charge is -2.52. The van der Waals surface area contributed by atoms with E-state index in [2.05, 4.69) is 15.4 Å². The van der Waals surface area contributed by atoms with Crippen molar-refractivity contribution < 1.29 is 54.5 Å². The van der Waals surface area contributed by atoms with Crippen molar-refractivity contribution in [1.82, 2.24) is 20.2 Å². The molecule has 0 saturated carbocycles. The quantitative estimate of drug-likeness (QED) is 0.289. The molecule has 0 spiro atoms. The zero-order valence-corrected chi connectivity index (χ0v) is 23.0. The van der Waals surface area contributed by atoms with Gasteiger partial charge in [0.2, 0.25) is 5.82 Å². The highest BCUT2D eigenvalue weighted by atomic mass is 19.4. The van der Waals surface area contributed by atoms with Crippen LogP contribution in [0.3, 0.4) is 0 Å². The Morgan fingerprint density at radius 2 is 1.45 bits per heavy atom. The molecule has 2 aromatic carbocycles. The van der Waals surface area contributed by atoms with Crippen LogP contribution in [-0.2, 0) is 25.1 Å². The predicted molar refractivity (Wildman–Crippen MR) is 136 cm³/mol. The van der Waals surface area contributed by atoms with Crippen LogP contribution in [0.1, 0.15) is 60.8 Å². The first-order chi connectivity index (χ1) is 20.4. The normalized spacial score (nSPS) is 16.2. The molecule has 44 heavy (non-hydrogen) atoms. The van der Waals surface area contributed by atoms with E-state index in [1.807, 2.05) is 0 Å². The summed E-state index contributed by atoms with van der Waals surface area (Å²) in [5.74, 6) is -0.501. The largest absolute Gasteiger partial charge is 0.465 e. The Labute approximate surface area is 243 Å². The van der Waals surface area contributed by atoms with Gasteiger partial charge in [-0.25, -0.2) is 4.79 Å². The molecular formula is C26H25F9N6O3. The van der Waals surface area contributed by atoms with E-state index in [0.717, 1.165) is 20.7 Å². The molecule has 9 nitrogen and oxygen atoms in total. The molecule has 0 saturated heterocycles. The zero-order chi connectivity index (χ0) is 32.8. The molecule has 2 N–H and O–H groups in total. The number of rotatable bonds is 7. The van der Waals surface area contributed by atoms with Crippen molar-refractivity contribution in [3.05, 3.63) is 64.5 Å². The number of tetrazole rings is 1. The summed E-state index contributed by atoms with van der Waals surface area (Å²) >= 11 is 0. The minimum atomic E-state index is -5.26. The minimum Gasteiger partial charge on any atom is -0.465 e. The van der Waals surface area contributed by atoms with Crippen molar-refractivity contribution in [3.63, 3.8) is 0 Å². The fraction of sp³-hybridized carbons (Fsp3) is 0.462. The van der Waals surface area contributed by atoms with E-state index < -0.39 is 83.1 Å². The second-order valence-electron chi connectivity index (χ2n) is 10.1. The number of aliphatic hydroxyl groups excluding tert-OH is 1. The summed E-state index contributed by atoms with van der Waals surface area (Å²) in [5, 5.41) is 30.9. The number of hydrogen-bond acceptors (Lipinski definition) is 6. The van der Waals surface area contributed by atoms with Crippen LogP contribution in [0, 0.1) is 0 Å². The van der Waals surface area contributed by atoms with Crippen LogP contribution < -0.4 is 9.80 Å². The van der Waals surface area contributed by atoms with Crippen LogP contribution in [0.2, 0.25) is 0 Å². The van der Waals surface area contributed by atoms with Gasteiger partial charge in [-0.15, -0.1) is 10.2 Å². The van der Waals surface area contributed by atoms with Crippen LogP contribution in [0.4, 0.5) is 55.7 Å². The van der Waals surface area contributed by atoms with Gasteiger partial charge in [-0.1, -0.05) is 13.8 Å². The second kappa shape index (κ2) is 11.4. The average molecular weight is 641 g/mol. The second-order valence-corrected chi connectivity index (χ2v) is 10.1. The summed E-state index contributed by atoms with van der Waals surface area (Å²) in [6.07, 6.45) is -16.9. The lowest BCUT2D eigenvalue weighted by Crippen LogP contribution is -2.61. The third kappa shape index (κ3) is 6.11. The molecule has 18 heteroatoms. The number of benzene rings is 2. The molecule has 0 bridgehead atoms. The van der Waals surface area contributed by atoms with Crippen molar-refractivity contribution >= 4 is 17.5 Å². The predicted octanol–water partition coefficient (Wildman–Crippen LogP) is 6.37. The molecule has 0 aliphatic carbocycles. The Morgan fingerprint density at radius 1 is 0.886 bits per heavy atom. The number of carbonyl (C=O) groups is 1. The van der Waals surface area contributed by atoms with Gasteiger partial charge in [0.15, 0.2) is 0 Å². The van der Waals surface area contributed by atoms with E-state index in [4.69, 9.17) is 0 Å². The highest BCUT2D eigenvalue weighted by Crippen LogP contribution is 2.49. The number of anilines is 2. The molecule has 1 aliphatic rings. The number of hydrogen-bond donors (Lipinski definition) is 2. The van der Waals surface area contributed by atoms with E-state index in [1.54, 1.807) is 13.8 Å². The molecule has 0 fully saturated rings. The van der Waals surface area contributed by atoms with Gasteiger partial charge >= 0.3 is 24.6 Å². The third-order valence-electron chi connectivity index (χ3n) is 7.55. The Hall–Kier alpha value is -4.09. The van der Waals surface area contributed by atoms with Gasteiger partial charge in [-0.05, 0) is 60.0 Å². The Bertz CT molecular complexity index is 1480. The Kier molecular flexibility index (Phi) is 8.53. The summed E-state index contributed by atoms with van der Waals surface area (Å²) in [4.78, 5) is 15.3. The van der Waals surface area contributed by atoms with Gasteiger partial charge in [0, 0.05) is 6.54 Å². The topological polar surface area (TPSA) is 108 Å². The standard InChI is InChI=1S/C26H25F9N6O3/c1-3-23(4-2)13-39(19-12-15(24(27,28)29)5-6-18(19)41(23)22(43)44)20(21-36-38-40(37-21)7-8-42)14-9-16(25(30,31)32)11-17(10-14)26(33,34)35/h5-6,9-12,20,42H,3-4,7-8,13H2,1-2H3,(H,43,44). The van der Waals surface area contributed by atoms with Crippen LogP contribution in [0.15, 0.2) is 36.4 Å². The van der Waals surface area contributed by atoms with Gasteiger partial charge in [0.1, 0.15) is 6.04 Å². The summed E-state index contributed by atoms with van der Waals surface area (Å²) in [7, 11) is 0. The molecule has 240 valence electrons. The van der Waals surface area contributed by atoms with E-state index >= 15 is 0 Å². The molecule has 1 unspecified atom stereocenters. The SMILES string of the molecule is CCC1(CC)CN(C(c2cc(C(F)(F)F)cc(C(F)(F)F)c2)c2nnn(CCO)n2)c2cc(C(F)(F)F)ccc2N1C(=O)O. The molecule has 2 heterocycles. The van der Waals surface area contributed by atoms with E-state index in [9.17, 15) is 54.5 Å². The van der Waals surface area contributed by atoms with Gasteiger partial charge in [0.25, 0.3) is 0 Å². The number of aliphatic hydroxyl groups is 1. The summed E-state index contributed by atoms with van der Waals surface area (Å²) in [6, 6.07) is 0.985. The van der Waals surface area contributed by atoms with Crippen LogP contribution >= 0.6 is 0 Å². The summed E-state index contributed by atoms with van der Waals surface area (Å²) in [6.45, 7) is 1.90. The Balaban J connectivity index is 2.11. The maximum atomic E-state index is 13.9. The monoisotopic (exact) mass is 640 g/mol. The Morgan fingerprint density at radius 3 is 1.93 bits per heavy atom. The molecular weight excluding hydrogens is 615 g/mol. The van der Waals surface area contributed by atoms with Crippen molar-refractivity contribution in [2.45, 2.75) is 63.3 Å². The number of nitrogens with zero attached hydrogens (tertiary/aromatic N) is 6. The summed E-state index contributed by atoms with van der Waals surface area (Å²) in [5.41, 5.74) is -7.45. The highest BCUT2D eigenvalue weighted by Gasteiger charge is 2.49. The van der Waals surface area contributed by atoms with Crippen molar-refractivity contribution in [3.8, 4) is 0 Å². The number of fused-ring (bicyclic) bond motifs is 1. The maximum Gasteiger partial charge on any atom is 0.416 e. The smallest absolute Gasteiger partial charge is 0.416 e. The van der Waals surface area contributed by atoms with Gasteiger partial charge in [-0.3, -0.25) is 4.90 Å². The molecule has 1 atom stereocenters. The number of carboxylic acid groups (broad SMARTS) is 1. The van der Waals surface area contributed by atoms with Crippen molar-refractivity contribution in [2.75, 3.05) is 23.0 Å². The first kappa shape index (κ1) is 32.8. The van der Waals surface area contributed by atoms with Crippen molar-refractivity contribution in [2.24, 2.45) is 0 Å². The molecule has 1 amide bonds. The third-order valence-corrected chi connectivity index (χ3v) is 7.55. The van der Waals surface area contributed by atoms with Crippen molar-refractivity contribution in [1.29, 1.82) is 0 Å². The van der Waals surface area contributed by atoms with E-state index in [-0.39, 0.29) is 31.1 Å². The zero-order valence-electron chi connectivity index (χ0n) is 23.0. The van der Waals surface area contributed by atoms with Crippen LogP contribution in [-0.4, -0.2) is 55.2 Å². The first-order valence-electron chi connectivity index (χ1n) is 13.0. The first-order valence-corrected chi connectivity index (χ1v) is 13.0. The van der Waals surface area contributed by atoms with Crippen LogP contribution in [0.25, 0.3) is 0 Å². The molecule has 4 rings (SSSR count). The lowest BCUT2D eigenvalue weighted by atomic mass is 9.84. The minimum absolute atomic E-state index is 0.0561. The number of amides is 1. The number of aromatic nitrogens is 4. The maximum absolute atomic E-state index is 13.9. The van der Waals surface area contributed by atoms with Gasteiger partial charge in [-0.2, -0.15) is 44.3 Å². The molecule has 3 aromatic rings. The molecule has 1 aromatic heterocycles. The summed E-state index contributed by atoms with van der Waals surface area (Å²) < 4.78 is 125. The lowest BCUT2D eigenvalue weighted by molar-refractivity contribution is -0.143. The molecule has 1 aliphatic heterocycles. The molecule has 0 radical (unpaired) electrons. The highest BCUT2D eigenvalue weighted by molar-refractivity contribution is 5.95. The fourth-order valence-electron chi connectivity index (χ4n) is 5.33. The number of halogens is 9. The van der Waals surface area contributed by atoms with Gasteiger partial charge < -0.3 is 15.1 Å². The van der Waals surface area contributed by atoms with Gasteiger partial charge in [0.05, 0.1) is 46.8 Å².